The fraction of sp³-hybridized carbons (Fsp3) is 0.526. The zero-order valence-electron chi connectivity index (χ0n) is 15.0. The molecule has 1 aromatic carbocycles. The summed E-state index contributed by atoms with van der Waals surface area (Å²) >= 11 is 0. The van der Waals surface area contributed by atoms with Crippen LogP contribution in [0.2, 0.25) is 0 Å². The number of fused-ring (bicyclic) bond motifs is 1. The Hall–Kier alpha value is -1.82. The second-order valence-corrected chi connectivity index (χ2v) is 9.52. The smallest absolute Gasteiger partial charge is 0.227 e. The van der Waals surface area contributed by atoms with E-state index in [1.165, 1.54) is 6.26 Å². The van der Waals surface area contributed by atoms with Gasteiger partial charge in [-0.1, -0.05) is 6.07 Å². The van der Waals surface area contributed by atoms with Gasteiger partial charge in [-0.15, -0.1) is 0 Å². The Balaban J connectivity index is 1.74. The molecule has 136 valence electrons. The van der Waals surface area contributed by atoms with Crippen LogP contribution in [-0.2, 0) is 21.1 Å². The first kappa shape index (κ1) is 18.0. The Kier molecular flexibility index (Phi) is 4.91. The number of hydrogen-bond donors (Lipinski definition) is 0. The number of nitrogens with zero attached hydrogens (tertiary/aromatic N) is 1. The summed E-state index contributed by atoms with van der Waals surface area (Å²) in [5.74, 6) is 0.239. The van der Waals surface area contributed by atoms with Gasteiger partial charge in [0.1, 0.15) is 15.4 Å². The summed E-state index contributed by atoms with van der Waals surface area (Å²) in [6.07, 6.45) is 4.95. The second kappa shape index (κ2) is 6.83. The van der Waals surface area contributed by atoms with Gasteiger partial charge in [0.05, 0.1) is 18.4 Å². The lowest BCUT2D eigenvalue weighted by Gasteiger charge is -2.32. The van der Waals surface area contributed by atoms with Gasteiger partial charge in [-0.3, -0.25) is 4.79 Å². The molecule has 0 saturated carbocycles. The molecule has 1 unspecified atom stereocenters. The molecule has 5 nitrogen and oxygen atoms in total. The van der Waals surface area contributed by atoms with E-state index in [1.807, 2.05) is 24.8 Å². The van der Waals surface area contributed by atoms with E-state index in [1.54, 1.807) is 6.26 Å². The third kappa shape index (κ3) is 4.24. The highest BCUT2D eigenvalue weighted by Gasteiger charge is 2.26. The summed E-state index contributed by atoms with van der Waals surface area (Å²) in [5.41, 5.74) is 3.97. The summed E-state index contributed by atoms with van der Waals surface area (Å²) in [6.45, 7) is 5.28. The van der Waals surface area contributed by atoms with Crippen LogP contribution in [0.25, 0.3) is 11.0 Å². The minimum atomic E-state index is -3.01. The average Bonchev–Trinajstić information content (AvgIpc) is 2.88. The van der Waals surface area contributed by atoms with Crippen molar-refractivity contribution in [2.45, 2.75) is 33.1 Å². The van der Waals surface area contributed by atoms with Crippen molar-refractivity contribution in [3.8, 4) is 0 Å². The van der Waals surface area contributed by atoms with E-state index in [4.69, 9.17) is 4.42 Å². The number of aryl methyl sites for hydroxylation is 2. The number of amides is 1. The second-order valence-electron chi connectivity index (χ2n) is 7.33. The molecule has 2 heterocycles. The van der Waals surface area contributed by atoms with Crippen LogP contribution in [0.15, 0.2) is 22.8 Å². The van der Waals surface area contributed by atoms with Crippen molar-refractivity contribution in [3.63, 3.8) is 0 Å². The van der Waals surface area contributed by atoms with Crippen LogP contribution in [0.5, 0.6) is 0 Å². The molecular weight excluding hydrogens is 338 g/mol. The van der Waals surface area contributed by atoms with Crippen molar-refractivity contribution in [2.24, 2.45) is 5.92 Å². The van der Waals surface area contributed by atoms with Crippen LogP contribution in [0, 0.1) is 19.8 Å². The van der Waals surface area contributed by atoms with E-state index in [0.717, 1.165) is 40.5 Å². The van der Waals surface area contributed by atoms with Gasteiger partial charge in [-0.2, -0.15) is 0 Å². The molecule has 1 fully saturated rings. The molecule has 0 N–H and O–H groups in total. The lowest BCUT2D eigenvalue weighted by atomic mass is 9.98. The van der Waals surface area contributed by atoms with E-state index in [-0.39, 0.29) is 17.6 Å². The van der Waals surface area contributed by atoms with E-state index in [2.05, 4.69) is 6.07 Å². The summed E-state index contributed by atoms with van der Waals surface area (Å²) < 4.78 is 28.7. The van der Waals surface area contributed by atoms with Crippen LogP contribution >= 0.6 is 0 Å². The van der Waals surface area contributed by atoms with E-state index >= 15 is 0 Å². The zero-order chi connectivity index (χ0) is 18.2. The minimum absolute atomic E-state index is 0.0400. The van der Waals surface area contributed by atoms with Crippen molar-refractivity contribution in [2.75, 3.05) is 25.1 Å². The molecule has 1 amide bonds. The van der Waals surface area contributed by atoms with Gasteiger partial charge >= 0.3 is 0 Å². The number of likely N-dealkylation sites (tertiary alicyclic amines) is 1. The highest BCUT2D eigenvalue weighted by Crippen LogP contribution is 2.27. The number of carbonyl (C=O) groups is 1. The maximum absolute atomic E-state index is 12.7. The highest BCUT2D eigenvalue weighted by molar-refractivity contribution is 7.90. The monoisotopic (exact) mass is 363 g/mol. The molecular formula is C19H25NO4S. The predicted molar refractivity (Wildman–Crippen MR) is 98.4 cm³/mol. The van der Waals surface area contributed by atoms with Crippen LogP contribution in [-0.4, -0.2) is 44.3 Å². The molecule has 0 spiro atoms. The quantitative estimate of drug-likeness (QED) is 0.838. The van der Waals surface area contributed by atoms with Gasteiger partial charge in [0.2, 0.25) is 5.91 Å². The molecule has 2 aromatic rings. The Bertz CT molecular complexity index is 898. The van der Waals surface area contributed by atoms with Crippen LogP contribution in [0.1, 0.15) is 29.5 Å². The standard InChI is InChI=1S/C19H25NO4S/c1-13-7-14(2)19-16(11-24-17(19)8-13)9-18(21)20-6-4-5-15(10-20)12-25(3,22)23/h7-8,11,15H,4-6,9-10,12H2,1-3H3. The lowest BCUT2D eigenvalue weighted by molar-refractivity contribution is -0.132. The molecule has 1 atom stereocenters. The molecule has 0 aliphatic carbocycles. The van der Waals surface area contributed by atoms with E-state index in [9.17, 15) is 13.2 Å². The van der Waals surface area contributed by atoms with Crippen LogP contribution < -0.4 is 0 Å². The largest absolute Gasteiger partial charge is 0.464 e. The minimum Gasteiger partial charge on any atom is -0.464 e. The van der Waals surface area contributed by atoms with Crippen LogP contribution in [0.4, 0.5) is 0 Å². The van der Waals surface area contributed by atoms with Crippen molar-refractivity contribution >= 4 is 26.7 Å². The van der Waals surface area contributed by atoms with Gasteiger partial charge < -0.3 is 9.32 Å². The van der Waals surface area contributed by atoms with Gasteiger partial charge in [0.25, 0.3) is 0 Å². The molecule has 1 aliphatic heterocycles. The maximum Gasteiger partial charge on any atom is 0.227 e. The molecule has 1 aliphatic rings. The maximum atomic E-state index is 12.7. The highest BCUT2D eigenvalue weighted by atomic mass is 32.2. The number of rotatable bonds is 4. The fourth-order valence-corrected chi connectivity index (χ4v) is 5.02. The van der Waals surface area contributed by atoms with Crippen molar-refractivity contribution in [1.82, 2.24) is 4.90 Å². The number of benzene rings is 1. The van der Waals surface area contributed by atoms with E-state index < -0.39 is 9.84 Å². The Morgan fingerprint density at radius 3 is 2.80 bits per heavy atom. The molecule has 6 heteroatoms. The molecule has 3 rings (SSSR count). The first-order chi connectivity index (χ1) is 11.7. The molecule has 0 bridgehead atoms. The summed E-state index contributed by atoms with van der Waals surface area (Å²) in [6, 6.07) is 4.08. The van der Waals surface area contributed by atoms with E-state index in [0.29, 0.717) is 19.5 Å². The molecule has 0 radical (unpaired) electrons. The molecule has 1 aromatic heterocycles. The normalized spacial score (nSPS) is 18.7. The van der Waals surface area contributed by atoms with Crippen molar-refractivity contribution < 1.29 is 17.6 Å². The number of carbonyl (C=O) groups excluding carboxylic acids is 1. The number of piperidine rings is 1. The third-order valence-electron chi connectivity index (χ3n) is 4.84. The summed E-state index contributed by atoms with van der Waals surface area (Å²) in [5, 5.41) is 1.02. The lowest BCUT2D eigenvalue weighted by Crippen LogP contribution is -2.42. The van der Waals surface area contributed by atoms with Gasteiger partial charge in [0, 0.05) is 30.3 Å². The Morgan fingerprint density at radius 1 is 1.32 bits per heavy atom. The predicted octanol–water partition coefficient (Wildman–Crippen LogP) is 2.88. The van der Waals surface area contributed by atoms with Gasteiger partial charge in [-0.25, -0.2) is 8.42 Å². The molecule has 1 saturated heterocycles. The first-order valence-electron chi connectivity index (χ1n) is 8.66. The Morgan fingerprint density at radius 2 is 2.08 bits per heavy atom. The molecule has 25 heavy (non-hydrogen) atoms. The number of sulfone groups is 1. The third-order valence-corrected chi connectivity index (χ3v) is 5.92. The van der Waals surface area contributed by atoms with Crippen LogP contribution in [0.3, 0.4) is 0 Å². The zero-order valence-corrected chi connectivity index (χ0v) is 15.9. The number of hydrogen-bond acceptors (Lipinski definition) is 4. The van der Waals surface area contributed by atoms with Crippen molar-refractivity contribution in [1.29, 1.82) is 0 Å². The van der Waals surface area contributed by atoms with Gasteiger partial charge in [-0.05, 0) is 49.8 Å². The topological polar surface area (TPSA) is 67.6 Å². The Labute approximate surface area is 148 Å². The number of furan rings is 1. The summed E-state index contributed by atoms with van der Waals surface area (Å²) in [7, 11) is -3.01. The van der Waals surface area contributed by atoms with Gasteiger partial charge in [0.15, 0.2) is 0 Å². The fourth-order valence-electron chi connectivity index (χ4n) is 3.89. The van der Waals surface area contributed by atoms with Crippen molar-refractivity contribution in [3.05, 3.63) is 35.1 Å². The first-order valence-corrected chi connectivity index (χ1v) is 10.7. The SMILES string of the molecule is Cc1cc(C)c2c(CC(=O)N3CCCC(CS(C)(=O)=O)C3)coc2c1. The summed E-state index contributed by atoms with van der Waals surface area (Å²) in [4.78, 5) is 14.5. The average molecular weight is 363 g/mol.